The number of amides is 3. The Morgan fingerprint density at radius 3 is 2.58 bits per heavy atom. The van der Waals surface area contributed by atoms with Crippen molar-refractivity contribution in [3.63, 3.8) is 0 Å². The van der Waals surface area contributed by atoms with Crippen molar-refractivity contribution >= 4 is 40.7 Å². The zero-order valence-corrected chi connectivity index (χ0v) is 14.4. The Kier molecular flexibility index (Phi) is 5.18. The molecule has 3 rings (SSSR count). The summed E-state index contributed by atoms with van der Waals surface area (Å²) < 4.78 is 13.6. The molecule has 1 N–H and O–H groups in total. The lowest BCUT2D eigenvalue weighted by Crippen LogP contribution is -2.56. The van der Waals surface area contributed by atoms with Gasteiger partial charge in [-0.3, -0.25) is 14.4 Å². The number of hydrogen-bond acceptors (Lipinski definition) is 3. The van der Waals surface area contributed by atoms with E-state index in [9.17, 15) is 18.8 Å². The lowest BCUT2D eigenvalue weighted by Gasteiger charge is -2.33. The maximum Gasteiger partial charge on any atom is 0.316 e. The van der Waals surface area contributed by atoms with Gasteiger partial charge in [-0.1, -0.05) is 29.8 Å². The van der Waals surface area contributed by atoms with Gasteiger partial charge in [-0.05, 0) is 30.3 Å². The summed E-state index contributed by atoms with van der Waals surface area (Å²) in [4.78, 5) is 39.2. The van der Waals surface area contributed by atoms with Crippen molar-refractivity contribution in [2.24, 2.45) is 0 Å². The van der Waals surface area contributed by atoms with Gasteiger partial charge in [-0.15, -0.1) is 0 Å². The van der Waals surface area contributed by atoms with Gasteiger partial charge in [0.25, 0.3) is 0 Å². The van der Waals surface area contributed by atoms with Crippen LogP contribution in [0.5, 0.6) is 0 Å². The Morgan fingerprint density at radius 2 is 1.85 bits per heavy atom. The molecule has 0 radical (unpaired) electrons. The Balaban J connectivity index is 1.65. The maximum atomic E-state index is 13.6. The summed E-state index contributed by atoms with van der Waals surface area (Å²) in [5.74, 6) is -2.68. The molecule has 0 unspecified atom stereocenters. The number of nitrogens with zero attached hydrogens (tertiary/aromatic N) is 2. The van der Waals surface area contributed by atoms with Gasteiger partial charge in [-0.2, -0.15) is 0 Å². The molecule has 0 saturated carbocycles. The molecule has 0 aliphatic carbocycles. The average Bonchev–Trinajstić information content (AvgIpc) is 2.61. The van der Waals surface area contributed by atoms with E-state index in [-0.39, 0.29) is 25.3 Å². The second-order valence-corrected chi connectivity index (χ2v) is 6.13. The molecule has 0 aromatic heterocycles. The topological polar surface area (TPSA) is 69.7 Å². The van der Waals surface area contributed by atoms with Crippen molar-refractivity contribution in [1.82, 2.24) is 4.90 Å². The molecule has 6 nitrogen and oxygen atoms in total. The highest BCUT2D eigenvalue weighted by Gasteiger charge is 2.34. The SMILES string of the molecule is O=C(CN1CCN(c2cccc(Cl)c2)C(=O)C1=O)Nc1ccccc1F. The molecule has 0 spiro atoms. The normalized spacial score (nSPS) is 14.5. The van der Waals surface area contributed by atoms with E-state index in [2.05, 4.69) is 5.32 Å². The summed E-state index contributed by atoms with van der Waals surface area (Å²) in [7, 11) is 0. The molecule has 2 aromatic rings. The summed E-state index contributed by atoms with van der Waals surface area (Å²) in [5, 5.41) is 2.85. The fourth-order valence-corrected chi connectivity index (χ4v) is 2.83. The van der Waals surface area contributed by atoms with Crippen molar-refractivity contribution in [3.05, 3.63) is 59.4 Å². The Labute approximate surface area is 154 Å². The van der Waals surface area contributed by atoms with Crippen LogP contribution in [0.15, 0.2) is 48.5 Å². The predicted molar refractivity (Wildman–Crippen MR) is 95.4 cm³/mol. The van der Waals surface area contributed by atoms with Crippen molar-refractivity contribution in [3.8, 4) is 0 Å². The number of carbonyl (C=O) groups is 3. The Bertz CT molecular complexity index is 874. The van der Waals surface area contributed by atoms with Crippen LogP contribution in [0.2, 0.25) is 5.02 Å². The van der Waals surface area contributed by atoms with Crippen LogP contribution in [-0.2, 0) is 14.4 Å². The standard InChI is InChI=1S/C18H15ClFN3O3/c19-12-4-3-5-13(10-12)23-9-8-22(17(25)18(23)26)11-16(24)21-15-7-2-1-6-14(15)20/h1-7,10H,8-9,11H2,(H,21,24). The van der Waals surface area contributed by atoms with Crippen molar-refractivity contribution in [2.75, 3.05) is 29.9 Å². The van der Waals surface area contributed by atoms with Gasteiger partial charge in [0.2, 0.25) is 5.91 Å². The number of anilines is 2. The molecular formula is C18H15ClFN3O3. The zero-order chi connectivity index (χ0) is 18.7. The summed E-state index contributed by atoms with van der Waals surface area (Å²) >= 11 is 5.92. The monoisotopic (exact) mass is 375 g/mol. The highest BCUT2D eigenvalue weighted by molar-refractivity contribution is 6.41. The minimum Gasteiger partial charge on any atom is -0.323 e. The molecule has 134 valence electrons. The van der Waals surface area contributed by atoms with Crippen molar-refractivity contribution < 1.29 is 18.8 Å². The number of benzene rings is 2. The van der Waals surface area contributed by atoms with Gasteiger partial charge in [-0.25, -0.2) is 4.39 Å². The molecule has 2 aromatic carbocycles. The van der Waals surface area contributed by atoms with Crippen LogP contribution >= 0.6 is 11.6 Å². The Morgan fingerprint density at radius 1 is 1.08 bits per heavy atom. The first kappa shape index (κ1) is 17.9. The molecule has 1 saturated heterocycles. The van der Waals surface area contributed by atoms with Crippen LogP contribution in [0.3, 0.4) is 0 Å². The second kappa shape index (κ2) is 7.53. The van der Waals surface area contributed by atoms with Gasteiger partial charge < -0.3 is 15.1 Å². The molecule has 3 amide bonds. The number of rotatable bonds is 4. The van der Waals surface area contributed by atoms with E-state index >= 15 is 0 Å². The first-order chi connectivity index (χ1) is 12.5. The van der Waals surface area contributed by atoms with Gasteiger partial charge in [0, 0.05) is 23.8 Å². The average molecular weight is 376 g/mol. The molecule has 1 fully saturated rings. The van der Waals surface area contributed by atoms with Crippen molar-refractivity contribution in [1.29, 1.82) is 0 Å². The molecule has 1 heterocycles. The van der Waals surface area contributed by atoms with E-state index in [4.69, 9.17) is 11.6 Å². The zero-order valence-electron chi connectivity index (χ0n) is 13.6. The van der Waals surface area contributed by atoms with Gasteiger partial charge in [0.1, 0.15) is 12.4 Å². The number of hydrogen-bond donors (Lipinski definition) is 1. The molecule has 0 bridgehead atoms. The Hall–Kier alpha value is -2.93. The second-order valence-electron chi connectivity index (χ2n) is 5.69. The van der Waals surface area contributed by atoms with E-state index in [1.165, 1.54) is 23.1 Å². The third kappa shape index (κ3) is 3.83. The van der Waals surface area contributed by atoms with Crippen molar-refractivity contribution in [2.45, 2.75) is 0 Å². The molecular weight excluding hydrogens is 361 g/mol. The van der Waals surface area contributed by atoms with E-state index < -0.39 is 23.5 Å². The van der Waals surface area contributed by atoms with E-state index in [0.717, 1.165) is 4.90 Å². The minimum absolute atomic E-state index is 0.0221. The number of carbonyl (C=O) groups excluding carboxylic acids is 3. The molecule has 1 aliphatic rings. The number of halogens is 2. The summed E-state index contributed by atoms with van der Waals surface area (Å²) in [6.07, 6.45) is 0. The highest BCUT2D eigenvalue weighted by atomic mass is 35.5. The lowest BCUT2D eigenvalue weighted by molar-refractivity contribution is -0.147. The van der Waals surface area contributed by atoms with Crippen LogP contribution in [0.4, 0.5) is 15.8 Å². The number of para-hydroxylation sites is 1. The number of piperazine rings is 1. The molecule has 8 heteroatoms. The summed E-state index contributed by atoms with van der Waals surface area (Å²) in [6, 6.07) is 12.3. The first-order valence-corrected chi connectivity index (χ1v) is 8.24. The quantitative estimate of drug-likeness (QED) is 0.834. The minimum atomic E-state index is -0.792. The lowest BCUT2D eigenvalue weighted by atomic mass is 10.2. The summed E-state index contributed by atoms with van der Waals surface area (Å²) in [5.41, 5.74) is 0.542. The number of nitrogens with one attached hydrogen (secondary N) is 1. The summed E-state index contributed by atoms with van der Waals surface area (Å²) in [6.45, 7) is 0.0853. The molecule has 0 atom stereocenters. The predicted octanol–water partition coefficient (Wildman–Crippen LogP) is 2.29. The third-order valence-corrected chi connectivity index (χ3v) is 4.15. The fourth-order valence-electron chi connectivity index (χ4n) is 2.64. The van der Waals surface area contributed by atoms with Crippen LogP contribution in [0.25, 0.3) is 0 Å². The smallest absolute Gasteiger partial charge is 0.316 e. The van der Waals surface area contributed by atoms with E-state index in [1.54, 1.807) is 30.3 Å². The van der Waals surface area contributed by atoms with Crippen LogP contribution in [-0.4, -0.2) is 42.3 Å². The van der Waals surface area contributed by atoms with Crippen LogP contribution in [0.1, 0.15) is 0 Å². The fraction of sp³-hybridized carbons (Fsp3) is 0.167. The van der Waals surface area contributed by atoms with E-state index in [1.807, 2.05) is 0 Å². The van der Waals surface area contributed by atoms with Crippen LogP contribution in [0, 0.1) is 5.82 Å². The van der Waals surface area contributed by atoms with Crippen LogP contribution < -0.4 is 10.2 Å². The first-order valence-electron chi connectivity index (χ1n) is 7.86. The highest BCUT2D eigenvalue weighted by Crippen LogP contribution is 2.22. The third-order valence-electron chi connectivity index (χ3n) is 3.91. The van der Waals surface area contributed by atoms with Gasteiger partial charge in [0.05, 0.1) is 5.69 Å². The maximum absolute atomic E-state index is 13.6. The van der Waals surface area contributed by atoms with E-state index in [0.29, 0.717) is 10.7 Å². The van der Waals surface area contributed by atoms with Gasteiger partial charge in [0.15, 0.2) is 0 Å². The van der Waals surface area contributed by atoms with Gasteiger partial charge >= 0.3 is 11.8 Å². The largest absolute Gasteiger partial charge is 0.323 e. The molecule has 26 heavy (non-hydrogen) atoms. The molecule has 1 aliphatic heterocycles.